The van der Waals surface area contributed by atoms with Gasteiger partial charge in [-0.05, 0) is 44.0 Å². The highest BCUT2D eigenvalue weighted by molar-refractivity contribution is 5.68. The van der Waals surface area contributed by atoms with E-state index in [9.17, 15) is 0 Å². The number of anilines is 2. The second-order valence-corrected chi connectivity index (χ2v) is 4.64. The van der Waals surface area contributed by atoms with Crippen molar-refractivity contribution in [3.8, 4) is 0 Å². The number of hydrogen-bond acceptors (Lipinski definition) is 1. The molecule has 1 heteroatoms. The number of para-hydroxylation sites is 1. The highest BCUT2D eigenvalue weighted by Gasteiger charge is 2.08. The molecular weight excluding hydrogens is 206 g/mol. The minimum absolute atomic E-state index is 1.26. The molecule has 88 valence electrons. The molecular formula is C16H19N. The molecule has 0 atom stereocenters. The van der Waals surface area contributed by atoms with Gasteiger partial charge in [0.1, 0.15) is 0 Å². The largest absolute Gasteiger partial charge is 0.344 e. The maximum atomic E-state index is 2.25. The van der Waals surface area contributed by atoms with E-state index < -0.39 is 0 Å². The zero-order valence-corrected chi connectivity index (χ0v) is 11.0. The Kier molecular flexibility index (Phi) is 3.19. The standard InChI is InChI=1S/C16H19N/c1-12-9-10-16(14(3)11-12)17(4)15-8-6-5-7-13(15)2/h5-11H,1-4H3. The van der Waals surface area contributed by atoms with Crippen LogP contribution in [-0.2, 0) is 0 Å². The maximum Gasteiger partial charge on any atom is 0.0438 e. The number of benzene rings is 2. The van der Waals surface area contributed by atoms with Gasteiger partial charge in [0.25, 0.3) is 0 Å². The third kappa shape index (κ3) is 2.33. The molecule has 0 heterocycles. The van der Waals surface area contributed by atoms with Crippen LogP contribution in [0.2, 0.25) is 0 Å². The third-order valence-electron chi connectivity index (χ3n) is 3.19. The molecule has 0 fully saturated rings. The van der Waals surface area contributed by atoms with E-state index in [-0.39, 0.29) is 0 Å². The average Bonchev–Trinajstić information content (AvgIpc) is 2.29. The SMILES string of the molecule is Cc1ccc(N(C)c2ccccc2C)c(C)c1. The lowest BCUT2D eigenvalue weighted by Gasteiger charge is -2.23. The van der Waals surface area contributed by atoms with Crippen molar-refractivity contribution >= 4 is 11.4 Å². The molecule has 0 N–H and O–H groups in total. The lowest BCUT2D eigenvalue weighted by Crippen LogP contribution is -2.12. The summed E-state index contributed by atoms with van der Waals surface area (Å²) in [6.45, 7) is 6.44. The summed E-state index contributed by atoms with van der Waals surface area (Å²) < 4.78 is 0. The Morgan fingerprint density at radius 2 is 1.41 bits per heavy atom. The van der Waals surface area contributed by atoms with E-state index >= 15 is 0 Å². The topological polar surface area (TPSA) is 3.24 Å². The molecule has 0 amide bonds. The van der Waals surface area contributed by atoms with Crippen molar-refractivity contribution < 1.29 is 0 Å². The normalized spacial score (nSPS) is 10.4. The van der Waals surface area contributed by atoms with Crippen LogP contribution in [0.5, 0.6) is 0 Å². The van der Waals surface area contributed by atoms with Crippen LogP contribution in [0, 0.1) is 20.8 Å². The van der Waals surface area contributed by atoms with Gasteiger partial charge in [0.2, 0.25) is 0 Å². The van der Waals surface area contributed by atoms with E-state index in [0.29, 0.717) is 0 Å². The van der Waals surface area contributed by atoms with Gasteiger partial charge in [-0.2, -0.15) is 0 Å². The molecule has 0 bridgehead atoms. The number of rotatable bonds is 2. The summed E-state index contributed by atoms with van der Waals surface area (Å²) in [5.41, 5.74) is 6.46. The van der Waals surface area contributed by atoms with Crippen LogP contribution in [0.3, 0.4) is 0 Å². The summed E-state index contributed by atoms with van der Waals surface area (Å²) in [7, 11) is 2.12. The summed E-state index contributed by atoms with van der Waals surface area (Å²) in [4.78, 5) is 2.25. The van der Waals surface area contributed by atoms with Gasteiger partial charge in [-0.1, -0.05) is 35.9 Å². The average molecular weight is 225 g/mol. The van der Waals surface area contributed by atoms with E-state index in [0.717, 1.165) is 0 Å². The zero-order chi connectivity index (χ0) is 12.4. The monoisotopic (exact) mass is 225 g/mol. The molecule has 0 saturated heterocycles. The van der Waals surface area contributed by atoms with Crippen molar-refractivity contribution in [2.45, 2.75) is 20.8 Å². The number of nitrogens with zero attached hydrogens (tertiary/aromatic N) is 1. The molecule has 2 aromatic carbocycles. The van der Waals surface area contributed by atoms with Crippen molar-refractivity contribution in [3.05, 3.63) is 59.2 Å². The highest BCUT2D eigenvalue weighted by atomic mass is 15.1. The van der Waals surface area contributed by atoms with Crippen molar-refractivity contribution in [3.63, 3.8) is 0 Å². The first-order chi connectivity index (χ1) is 8.09. The summed E-state index contributed by atoms with van der Waals surface area (Å²) in [6, 6.07) is 15.1. The summed E-state index contributed by atoms with van der Waals surface area (Å²) in [5, 5.41) is 0. The van der Waals surface area contributed by atoms with Crippen LogP contribution in [-0.4, -0.2) is 7.05 Å². The predicted octanol–water partition coefficient (Wildman–Crippen LogP) is 4.38. The molecule has 0 aliphatic rings. The number of aryl methyl sites for hydroxylation is 3. The molecule has 0 aliphatic carbocycles. The first-order valence-corrected chi connectivity index (χ1v) is 5.96. The minimum Gasteiger partial charge on any atom is -0.344 e. The quantitative estimate of drug-likeness (QED) is 0.733. The van der Waals surface area contributed by atoms with E-state index in [1.54, 1.807) is 0 Å². The van der Waals surface area contributed by atoms with Gasteiger partial charge in [-0.25, -0.2) is 0 Å². The maximum absolute atomic E-state index is 2.25. The molecule has 0 radical (unpaired) electrons. The van der Waals surface area contributed by atoms with Crippen molar-refractivity contribution in [2.75, 3.05) is 11.9 Å². The zero-order valence-electron chi connectivity index (χ0n) is 11.0. The first-order valence-electron chi connectivity index (χ1n) is 5.96. The second kappa shape index (κ2) is 4.62. The molecule has 2 aromatic rings. The predicted molar refractivity (Wildman–Crippen MR) is 75.2 cm³/mol. The van der Waals surface area contributed by atoms with Gasteiger partial charge in [0.15, 0.2) is 0 Å². The highest BCUT2D eigenvalue weighted by Crippen LogP contribution is 2.29. The van der Waals surface area contributed by atoms with Gasteiger partial charge < -0.3 is 4.90 Å². The Bertz CT molecular complexity index is 529. The first kappa shape index (κ1) is 11.7. The van der Waals surface area contributed by atoms with Gasteiger partial charge in [0, 0.05) is 18.4 Å². The number of hydrogen-bond donors (Lipinski definition) is 0. The lowest BCUT2D eigenvalue weighted by molar-refractivity contribution is 1.16. The minimum atomic E-state index is 1.26. The molecule has 1 nitrogen and oxygen atoms in total. The van der Waals surface area contributed by atoms with Gasteiger partial charge in [0.05, 0.1) is 0 Å². The van der Waals surface area contributed by atoms with Crippen LogP contribution in [0.15, 0.2) is 42.5 Å². The molecule has 0 aromatic heterocycles. The van der Waals surface area contributed by atoms with E-state index in [1.165, 1.54) is 28.1 Å². The summed E-state index contributed by atoms with van der Waals surface area (Å²) in [6.07, 6.45) is 0. The molecule has 17 heavy (non-hydrogen) atoms. The van der Waals surface area contributed by atoms with Crippen LogP contribution < -0.4 is 4.90 Å². The van der Waals surface area contributed by atoms with E-state index in [4.69, 9.17) is 0 Å². The van der Waals surface area contributed by atoms with E-state index in [2.05, 4.69) is 75.2 Å². The fourth-order valence-corrected chi connectivity index (χ4v) is 2.25. The molecule has 0 saturated carbocycles. The van der Waals surface area contributed by atoms with Crippen molar-refractivity contribution in [2.24, 2.45) is 0 Å². The molecule has 0 aliphatic heterocycles. The summed E-state index contributed by atoms with van der Waals surface area (Å²) in [5.74, 6) is 0. The Morgan fingerprint density at radius 1 is 0.765 bits per heavy atom. The molecule has 0 spiro atoms. The summed E-state index contributed by atoms with van der Waals surface area (Å²) >= 11 is 0. The Labute approximate surface area is 104 Å². The fourth-order valence-electron chi connectivity index (χ4n) is 2.25. The van der Waals surface area contributed by atoms with E-state index in [1.807, 2.05) is 0 Å². The fraction of sp³-hybridized carbons (Fsp3) is 0.250. The van der Waals surface area contributed by atoms with Crippen molar-refractivity contribution in [1.29, 1.82) is 0 Å². The van der Waals surface area contributed by atoms with Crippen LogP contribution >= 0.6 is 0 Å². The van der Waals surface area contributed by atoms with Gasteiger partial charge in [-0.3, -0.25) is 0 Å². The van der Waals surface area contributed by atoms with Crippen LogP contribution in [0.25, 0.3) is 0 Å². The smallest absolute Gasteiger partial charge is 0.0438 e. The second-order valence-electron chi connectivity index (χ2n) is 4.64. The van der Waals surface area contributed by atoms with Crippen LogP contribution in [0.4, 0.5) is 11.4 Å². The van der Waals surface area contributed by atoms with Gasteiger partial charge >= 0.3 is 0 Å². The lowest BCUT2D eigenvalue weighted by atomic mass is 10.1. The van der Waals surface area contributed by atoms with Gasteiger partial charge in [-0.15, -0.1) is 0 Å². The molecule has 2 rings (SSSR count). The molecule has 0 unspecified atom stereocenters. The third-order valence-corrected chi connectivity index (χ3v) is 3.19. The Morgan fingerprint density at radius 3 is 2.06 bits per heavy atom. The van der Waals surface area contributed by atoms with Crippen molar-refractivity contribution in [1.82, 2.24) is 0 Å². The Hall–Kier alpha value is -1.76. The van der Waals surface area contributed by atoms with Crippen LogP contribution in [0.1, 0.15) is 16.7 Å². The Balaban J connectivity index is 2.44.